The number of hydrogen-bond acceptors (Lipinski definition) is 4. The molecule has 0 radical (unpaired) electrons. The molecule has 1 atom stereocenters. The summed E-state index contributed by atoms with van der Waals surface area (Å²) >= 11 is 0. The molecule has 2 heterocycles. The van der Waals surface area contributed by atoms with Crippen molar-refractivity contribution in [1.82, 2.24) is 9.88 Å². The quantitative estimate of drug-likeness (QED) is 0.250. The standard InChI is InChI=1S/C33H24N4/c1-37-32(22-9-3-2-4-10-22)35-31(36-33(37)23-17-19-34-20-18-23)24-15-16-29-27-13-6-5-11-25(27)26-12-7-8-14-28(26)30(29)21-24/h2-21,32H,1H3. The van der Waals surface area contributed by atoms with Crippen molar-refractivity contribution in [3.63, 3.8) is 0 Å². The van der Waals surface area contributed by atoms with Gasteiger partial charge in [0.1, 0.15) is 12.0 Å². The molecule has 0 amide bonds. The molecule has 0 bridgehead atoms. The number of pyridine rings is 1. The molecule has 1 aliphatic heterocycles. The van der Waals surface area contributed by atoms with Crippen molar-refractivity contribution in [3.05, 3.63) is 138 Å². The Balaban J connectivity index is 1.47. The molecule has 0 N–H and O–H groups in total. The first-order chi connectivity index (χ1) is 18.3. The van der Waals surface area contributed by atoms with Gasteiger partial charge >= 0.3 is 0 Å². The summed E-state index contributed by atoms with van der Waals surface area (Å²) in [5.41, 5.74) is 3.15. The number of aromatic nitrogens is 1. The molecule has 0 aliphatic carbocycles. The molecule has 0 saturated carbocycles. The number of fused-ring (bicyclic) bond motifs is 6. The summed E-state index contributed by atoms with van der Waals surface area (Å²) in [6.45, 7) is 0. The normalized spacial score (nSPS) is 15.7. The predicted octanol–water partition coefficient (Wildman–Crippen LogP) is 7.38. The van der Waals surface area contributed by atoms with E-state index in [0.29, 0.717) is 0 Å². The average Bonchev–Trinajstić information content (AvgIpc) is 2.98. The highest BCUT2D eigenvalue weighted by Gasteiger charge is 2.26. The van der Waals surface area contributed by atoms with E-state index in [2.05, 4.69) is 108 Å². The topological polar surface area (TPSA) is 40.9 Å². The van der Waals surface area contributed by atoms with Crippen molar-refractivity contribution in [2.45, 2.75) is 6.17 Å². The van der Waals surface area contributed by atoms with Crippen LogP contribution in [0.3, 0.4) is 0 Å². The fourth-order valence-corrected chi connectivity index (χ4v) is 5.40. The summed E-state index contributed by atoms with van der Waals surface area (Å²) in [4.78, 5) is 16.6. The third-order valence-electron chi connectivity index (χ3n) is 7.20. The maximum absolute atomic E-state index is 5.17. The van der Waals surface area contributed by atoms with Gasteiger partial charge in [0, 0.05) is 30.6 Å². The maximum atomic E-state index is 5.17. The molecule has 1 aromatic heterocycles. The Hall–Kier alpha value is -4.83. The summed E-state index contributed by atoms with van der Waals surface area (Å²) < 4.78 is 0. The molecule has 5 aromatic carbocycles. The number of hydrogen-bond donors (Lipinski definition) is 0. The monoisotopic (exact) mass is 476 g/mol. The number of benzene rings is 5. The lowest BCUT2D eigenvalue weighted by molar-refractivity contribution is 0.383. The molecule has 4 nitrogen and oxygen atoms in total. The lowest BCUT2D eigenvalue weighted by Crippen LogP contribution is -2.35. The van der Waals surface area contributed by atoms with E-state index in [1.54, 1.807) is 0 Å². The minimum atomic E-state index is -0.180. The van der Waals surface area contributed by atoms with Crippen LogP contribution in [0.1, 0.15) is 22.9 Å². The molecule has 0 fully saturated rings. The van der Waals surface area contributed by atoms with Crippen LogP contribution < -0.4 is 0 Å². The smallest absolute Gasteiger partial charge is 0.159 e. The summed E-state index contributed by atoms with van der Waals surface area (Å²) in [7, 11) is 2.05. The highest BCUT2D eigenvalue weighted by Crippen LogP contribution is 2.36. The Bertz CT molecular complexity index is 1800. The lowest BCUT2D eigenvalue weighted by Gasteiger charge is -2.32. The summed E-state index contributed by atoms with van der Waals surface area (Å²) in [5, 5.41) is 7.49. The Morgan fingerprint density at radius 1 is 0.568 bits per heavy atom. The van der Waals surface area contributed by atoms with Gasteiger partial charge in [0.05, 0.1) is 0 Å². The van der Waals surface area contributed by atoms with Crippen LogP contribution in [-0.2, 0) is 0 Å². The molecule has 1 unspecified atom stereocenters. The molecule has 7 rings (SSSR count). The van der Waals surface area contributed by atoms with Gasteiger partial charge in [-0.05, 0) is 56.1 Å². The van der Waals surface area contributed by atoms with Crippen LogP contribution in [0.4, 0.5) is 0 Å². The van der Waals surface area contributed by atoms with Crippen molar-refractivity contribution in [3.8, 4) is 0 Å². The molecular formula is C33H24N4. The molecular weight excluding hydrogens is 452 g/mol. The first kappa shape index (κ1) is 21.5. The molecule has 37 heavy (non-hydrogen) atoms. The van der Waals surface area contributed by atoms with Gasteiger partial charge in [-0.1, -0.05) is 91.0 Å². The van der Waals surface area contributed by atoms with Crippen molar-refractivity contribution >= 4 is 44.0 Å². The van der Waals surface area contributed by atoms with Gasteiger partial charge in [-0.25, -0.2) is 9.98 Å². The van der Waals surface area contributed by atoms with E-state index < -0.39 is 0 Å². The Kier molecular flexibility index (Phi) is 5.03. The van der Waals surface area contributed by atoms with E-state index in [9.17, 15) is 0 Å². The second-order valence-corrected chi connectivity index (χ2v) is 9.37. The number of rotatable bonds is 3. The molecule has 176 valence electrons. The molecule has 6 aromatic rings. The zero-order valence-corrected chi connectivity index (χ0v) is 20.4. The fourth-order valence-electron chi connectivity index (χ4n) is 5.40. The molecule has 0 saturated heterocycles. The van der Waals surface area contributed by atoms with E-state index >= 15 is 0 Å². The number of amidine groups is 2. The molecule has 1 aliphatic rings. The zero-order valence-electron chi connectivity index (χ0n) is 20.4. The summed E-state index contributed by atoms with van der Waals surface area (Å²) in [6.07, 6.45) is 3.44. The first-order valence-corrected chi connectivity index (χ1v) is 12.5. The molecule has 4 heteroatoms. The van der Waals surface area contributed by atoms with Gasteiger partial charge in [0.15, 0.2) is 5.84 Å². The van der Waals surface area contributed by atoms with Crippen molar-refractivity contribution in [2.75, 3.05) is 7.05 Å². The van der Waals surface area contributed by atoms with Crippen molar-refractivity contribution in [2.24, 2.45) is 9.98 Å². The third-order valence-corrected chi connectivity index (χ3v) is 7.20. The van der Waals surface area contributed by atoms with Crippen LogP contribution in [0.25, 0.3) is 32.3 Å². The van der Waals surface area contributed by atoms with E-state index in [0.717, 1.165) is 28.4 Å². The Morgan fingerprint density at radius 3 is 1.78 bits per heavy atom. The van der Waals surface area contributed by atoms with Gasteiger partial charge in [0.25, 0.3) is 0 Å². The minimum Gasteiger partial charge on any atom is -0.333 e. The van der Waals surface area contributed by atoms with Crippen LogP contribution in [-0.4, -0.2) is 28.6 Å². The van der Waals surface area contributed by atoms with Crippen LogP contribution >= 0.6 is 0 Å². The SMILES string of the molecule is CN1C(c2ccncc2)=NC(c2ccc3c4ccccc4c4ccccc4c3c2)=NC1c1ccccc1. The van der Waals surface area contributed by atoms with Crippen LogP contribution in [0.5, 0.6) is 0 Å². The molecule has 0 spiro atoms. The van der Waals surface area contributed by atoms with Gasteiger partial charge in [0.2, 0.25) is 0 Å². The fraction of sp³-hybridized carbons (Fsp3) is 0.0606. The lowest BCUT2D eigenvalue weighted by atomic mass is 9.93. The van der Waals surface area contributed by atoms with E-state index in [4.69, 9.17) is 9.98 Å². The average molecular weight is 477 g/mol. The Morgan fingerprint density at radius 2 is 1.14 bits per heavy atom. The van der Waals surface area contributed by atoms with Crippen molar-refractivity contribution < 1.29 is 0 Å². The van der Waals surface area contributed by atoms with Gasteiger partial charge in [-0.3, -0.25) is 4.98 Å². The summed E-state index contributed by atoms with van der Waals surface area (Å²) in [6, 6.07) is 38.3. The van der Waals surface area contributed by atoms with E-state index in [-0.39, 0.29) is 6.17 Å². The van der Waals surface area contributed by atoms with Crippen molar-refractivity contribution in [1.29, 1.82) is 0 Å². The van der Waals surface area contributed by atoms with Gasteiger partial charge < -0.3 is 4.90 Å². The predicted molar refractivity (Wildman–Crippen MR) is 153 cm³/mol. The maximum Gasteiger partial charge on any atom is 0.159 e. The third kappa shape index (κ3) is 3.57. The van der Waals surface area contributed by atoms with Gasteiger partial charge in [-0.2, -0.15) is 0 Å². The zero-order chi connectivity index (χ0) is 24.8. The minimum absolute atomic E-state index is 0.180. The van der Waals surface area contributed by atoms with E-state index in [1.807, 2.05) is 30.6 Å². The van der Waals surface area contributed by atoms with Gasteiger partial charge in [-0.15, -0.1) is 0 Å². The number of nitrogens with zero attached hydrogens (tertiary/aromatic N) is 4. The largest absolute Gasteiger partial charge is 0.333 e. The van der Waals surface area contributed by atoms with E-state index in [1.165, 1.54) is 32.3 Å². The Labute approximate surface area is 215 Å². The second kappa shape index (κ2) is 8.68. The first-order valence-electron chi connectivity index (χ1n) is 12.5. The van der Waals surface area contributed by atoms with Crippen LogP contribution in [0, 0.1) is 0 Å². The number of aliphatic imine (C=N–C) groups is 2. The van der Waals surface area contributed by atoms with Crippen LogP contribution in [0.2, 0.25) is 0 Å². The highest BCUT2D eigenvalue weighted by atomic mass is 15.3. The highest BCUT2D eigenvalue weighted by molar-refractivity contribution is 6.26. The summed E-state index contributed by atoms with van der Waals surface area (Å²) in [5.74, 6) is 1.61. The van der Waals surface area contributed by atoms with Crippen LogP contribution in [0.15, 0.2) is 132 Å². The second-order valence-electron chi connectivity index (χ2n) is 9.37.